The third kappa shape index (κ3) is 2.23. The highest BCUT2D eigenvalue weighted by Crippen LogP contribution is 2.39. The normalized spacial score (nSPS) is 17.3. The third-order valence-corrected chi connectivity index (χ3v) is 3.57. The van der Waals surface area contributed by atoms with Crippen LogP contribution < -0.4 is 5.32 Å². The van der Waals surface area contributed by atoms with E-state index in [-0.39, 0.29) is 16.1 Å². The molecule has 0 saturated heterocycles. The van der Waals surface area contributed by atoms with Crippen molar-refractivity contribution in [3.8, 4) is 0 Å². The van der Waals surface area contributed by atoms with Gasteiger partial charge in [-0.3, -0.25) is 10.1 Å². The molecule has 1 aromatic heterocycles. The summed E-state index contributed by atoms with van der Waals surface area (Å²) in [5, 5.41) is 14.2. The van der Waals surface area contributed by atoms with Crippen LogP contribution in [0.5, 0.6) is 0 Å². The van der Waals surface area contributed by atoms with E-state index in [9.17, 15) is 10.1 Å². The highest BCUT2D eigenvalue weighted by Gasteiger charge is 2.36. The van der Waals surface area contributed by atoms with Crippen LogP contribution in [-0.4, -0.2) is 15.4 Å². The highest BCUT2D eigenvalue weighted by molar-refractivity contribution is 5.58. The Morgan fingerprint density at radius 3 is 2.76 bits per heavy atom. The van der Waals surface area contributed by atoms with Gasteiger partial charge in [-0.25, -0.2) is 4.98 Å². The number of aryl methyl sites for hydroxylation is 1. The first-order valence-corrected chi connectivity index (χ1v) is 5.95. The molecule has 5 nitrogen and oxygen atoms in total. The summed E-state index contributed by atoms with van der Waals surface area (Å²) in [5.74, 6) is 0.405. The molecular formula is C12H17N3O2. The van der Waals surface area contributed by atoms with Gasteiger partial charge >= 0.3 is 5.69 Å². The van der Waals surface area contributed by atoms with Gasteiger partial charge in [0.1, 0.15) is 0 Å². The summed E-state index contributed by atoms with van der Waals surface area (Å²) in [6, 6.07) is 1.57. The van der Waals surface area contributed by atoms with Crippen molar-refractivity contribution in [2.24, 2.45) is 0 Å². The van der Waals surface area contributed by atoms with Crippen LogP contribution in [0.4, 0.5) is 11.5 Å². The molecule has 2 rings (SSSR count). The van der Waals surface area contributed by atoms with Gasteiger partial charge < -0.3 is 5.32 Å². The van der Waals surface area contributed by atoms with Gasteiger partial charge in [0.2, 0.25) is 5.82 Å². The van der Waals surface area contributed by atoms with Gasteiger partial charge in [0.25, 0.3) is 0 Å². The SMILES string of the molecule is CCC1(Nc2ncc(C)cc2[N+](=O)[O-])CCC1. The molecule has 0 bridgehead atoms. The summed E-state index contributed by atoms with van der Waals surface area (Å²) in [4.78, 5) is 14.8. The molecule has 1 saturated carbocycles. The molecule has 0 aromatic carbocycles. The molecule has 1 fully saturated rings. The number of nitro groups is 1. The highest BCUT2D eigenvalue weighted by atomic mass is 16.6. The first-order valence-electron chi connectivity index (χ1n) is 5.95. The number of hydrogen-bond donors (Lipinski definition) is 1. The lowest BCUT2D eigenvalue weighted by atomic mass is 9.75. The average Bonchev–Trinajstić information content (AvgIpc) is 2.25. The van der Waals surface area contributed by atoms with Crippen molar-refractivity contribution in [3.05, 3.63) is 27.9 Å². The molecule has 0 atom stereocenters. The standard InChI is InChI=1S/C12H17N3O2/c1-3-12(5-4-6-12)14-11-10(15(16)17)7-9(2)8-13-11/h7-8H,3-6H2,1-2H3,(H,13,14). The minimum atomic E-state index is -0.371. The lowest BCUT2D eigenvalue weighted by molar-refractivity contribution is -0.384. The molecule has 1 aliphatic rings. The zero-order chi connectivity index (χ0) is 12.5. The Kier molecular flexibility index (Phi) is 3.00. The van der Waals surface area contributed by atoms with E-state index in [0.717, 1.165) is 24.8 Å². The lowest BCUT2D eigenvalue weighted by Gasteiger charge is -2.42. The van der Waals surface area contributed by atoms with Gasteiger partial charge in [0.15, 0.2) is 0 Å². The number of hydrogen-bond acceptors (Lipinski definition) is 4. The van der Waals surface area contributed by atoms with Gasteiger partial charge in [-0.1, -0.05) is 6.92 Å². The van der Waals surface area contributed by atoms with Crippen molar-refractivity contribution in [2.45, 2.75) is 45.1 Å². The monoisotopic (exact) mass is 235 g/mol. The van der Waals surface area contributed by atoms with E-state index < -0.39 is 0 Å². The smallest absolute Gasteiger partial charge is 0.311 e. The van der Waals surface area contributed by atoms with Gasteiger partial charge in [0, 0.05) is 17.8 Å². The van der Waals surface area contributed by atoms with Crippen LogP contribution in [0.2, 0.25) is 0 Å². The quantitative estimate of drug-likeness (QED) is 0.643. The Labute approximate surface area is 100 Å². The van der Waals surface area contributed by atoms with E-state index in [1.165, 1.54) is 6.42 Å². The molecule has 92 valence electrons. The van der Waals surface area contributed by atoms with Crippen LogP contribution in [-0.2, 0) is 0 Å². The Bertz CT molecular complexity index is 436. The number of nitrogens with zero attached hydrogens (tertiary/aromatic N) is 2. The summed E-state index contributed by atoms with van der Waals surface area (Å²) in [6.07, 6.45) is 5.95. The van der Waals surface area contributed by atoms with E-state index in [1.807, 2.05) is 6.92 Å². The Morgan fingerprint density at radius 2 is 2.29 bits per heavy atom. The molecule has 5 heteroatoms. The predicted octanol–water partition coefficient (Wildman–Crippen LogP) is 3.04. The molecule has 1 aromatic rings. The molecule has 1 aliphatic carbocycles. The van der Waals surface area contributed by atoms with E-state index in [2.05, 4.69) is 17.2 Å². The fraction of sp³-hybridized carbons (Fsp3) is 0.583. The Balaban J connectivity index is 2.29. The molecule has 0 spiro atoms. The lowest BCUT2D eigenvalue weighted by Crippen LogP contribution is -2.44. The van der Waals surface area contributed by atoms with E-state index in [4.69, 9.17) is 0 Å². The van der Waals surface area contributed by atoms with Crippen LogP contribution in [0.15, 0.2) is 12.3 Å². The van der Waals surface area contributed by atoms with Crippen LogP contribution in [0.1, 0.15) is 38.2 Å². The fourth-order valence-corrected chi connectivity index (χ4v) is 2.21. The number of nitrogens with one attached hydrogen (secondary N) is 1. The summed E-state index contributed by atoms with van der Waals surface area (Å²) >= 11 is 0. The second-order valence-corrected chi connectivity index (χ2v) is 4.75. The Morgan fingerprint density at radius 1 is 1.59 bits per heavy atom. The summed E-state index contributed by atoms with van der Waals surface area (Å²) in [7, 11) is 0. The second-order valence-electron chi connectivity index (χ2n) is 4.75. The van der Waals surface area contributed by atoms with Crippen LogP contribution >= 0.6 is 0 Å². The van der Waals surface area contributed by atoms with E-state index in [0.29, 0.717) is 5.82 Å². The van der Waals surface area contributed by atoms with Gasteiger partial charge in [-0.05, 0) is 38.2 Å². The molecule has 17 heavy (non-hydrogen) atoms. The van der Waals surface area contributed by atoms with Gasteiger partial charge in [-0.15, -0.1) is 0 Å². The molecule has 0 amide bonds. The fourth-order valence-electron chi connectivity index (χ4n) is 2.21. The third-order valence-electron chi connectivity index (χ3n) is 3.57. The molecule has 0 radical (unpaired) electrons. The number of anilines is 1. The van der Waals surface area contributed by atoms with Crippen molar-refractivity contribution in [2.75, 3.05) is 5.32 Å². The van der Waals surface area contributed by atoms with Crippen molar-refractivity contribution in [1.82, 2.24) is 4.98 Å². The van der Waals surface area contributed by atoms with Crippen molar-refractivity contribution < 1.29 is 4.92 Å². The largest absolute Gasteiger partial charge is 0.359 e. The topological polar surface area (TPSA) is 68.1 Å². The second kappa shape index (κ2) is 4.31. The summed E-state index contributed by atoms with van der Waals surface area (Å²) in [6.45, 7) is 3.91. The van der Waals surface area contributed by atoms with Crippen molar-refractivity contribution in [3.63, 3.8) is 0 Å². The van der Waals surface area contributed by atoms with E-state index >= 15 is 0 Å². The van der Waals surface area contributed by atoms with Gasteiger partial charge in [-0.2, -0.15) is 0 Å². The molecule has 1 heterocycles. The first-order chi connectivity index (χ1) is 8.06. The molecular weight excluding hydrogens is 218 g/mol. The predicted molar refractivity (Wildman–Crippen MR) is 66.1 cm³/mol. The minimum Gasteiger partial charge on any atom is -0.359 e. The van der Waals surface area contributed by atoms with Gasteiger partial charge in [0.05, 0.1) is 4.92 Å². The zero-order valence-electron chi connectivity index (χ0n) is 10.2. The van der Waals surface area contributed by atoms with Crippen molar-refractivity contribution >= 4 is 11.5 Å². The number of aromatic nitrogens is 1. The Hall–Kier alpha value is -1.65. The van der Waals surface area contributed by atoms with Crippen LogP contribution in [0.3, 0.4) is 0 Å². The van der Waals surface area contributed by atoms with Crippen LogP contribution in [0.25, 0.3) is 0 Å². The molecule has 0 unspecified atom stereocenters. The first kappa shape index (κ1) is 11.8. The maximum absolute atomic E-state index is 11.0. The number of rotatable bonds is 4. The van der Waals surface area contributed by atoms with Crippen LogP contribution in [0, 0.1) is 17.0 Å². The zero-order valence-corrected chi connectivity index (χ0v) is 10.2. The number of pyridine rings is 1. The van der Waals surface area contributed by atoms with Crippen molar-refractivity contribution in [1.29, 1.82) is 0 Å². The molecule has 1 N–H and O–H groups in total. The minimum absolute atomic E-state index is 0.0209. The summed E-state index contributed by atoms with van der Waals surface area (Å²) in [5.41, 5.74) is 0.902. The summed E-state index contributed by atoms with van der Waals surface area (Å²) < 4.78 is 0. The molecule has 0 aliphatic heterocycles. The maximum atomic E-state index is 11.0. The maximum Gasteiger partial charge on any atom is 0.311 e. The van der Waals surface area contributed by atoms with E-state index in [1.54, 1.807) is 12.3 Å². The average molecular weight is 235 g/mol.